The van der Waals surface area contributed by atoms with E-state index in [-0.39, 0.29) is 5.69 Å². The molecule has 2 amide bonds. The van der Waals surface area contributed by atoms with Gasteiger partial charge in [0.05, 0.1) is 5.69 Å². The van der Waals surface area contributed by atoms with Gasteiger partial charge < -0.3 is 11.1 Å². The lowest BCUT2D eigenvalue weighted by Gasteiger charge is -2.09. The first kappa shape index (κ1) is 13.7. The molecule has 0 spiro atoms. The zero-order chi connectivity index (χ0) is 14.7. The molecule has 0 bridgehead atoms. The van der Waals surface area contributed by atoms with Crippen LogP contribution in [0.25, 0.3) is 0 Å². The first-order valence-corrected chi connectivity index (χ1v) is 5.65. The minimum absolute atomic E-state index is 0.303. The average molecular weight is 276 g/mol. The fraction of sp³-hybridized carbons (Fsp3) is 0. The maximum Gasteiger partial charge on any atom is 0.255 e. The summed E-state index contributed by atoms with van der Waals surface area (Å²) in [6.07, 6.45) is 0. The van der Waals surface area contributed by atoms with Gasteiger partial charge >= 0.3 is 0 Å². The van der Waals surface area contributed by atoms with E-state index >= 15 is 0 Å². The topological polar surface area (TPSA) is 72.2 Å². The smallest absolute Gasteiger partial charge is 0.255 e. The number of hydrogen-bond acceptors (Lipinski definition) is 2. The Labute approximate surface area is 113 Å². The number of nitrogens with two attached hydrogens (primary N) is 1. The Morgan fingerprint density at radius 1 is 1.00 bits per heavy atom. The van der Waals surface area contributed by atoms with E-state index in [2.05, 4.69) is 5.32 Å². The number of rotatable bonds is 3. The summed E-state index contributed by atoms with van der Waals surface area (Å²) >= 11 is 0. The quantitative estimate of drug-likeness (QED) is 0.903. The highest BCUT2D eigenvalue weighted by Crippen LogP contribution is 2.21. The Bertz CT molecular complexity index is 672. The number of nitrogens with one attached hydrogen (secondary N) is 1. The minimum Gasteiger partial charge on any atom is -0.365 e. The van der Waals surface area contributed by atoms with Crippen LogP contribution < -0.4 is 11.1 Å². The molecule has 0 saturated carbocycles. The van der Waals surface area contributed by atoms with Crippen LogP contribution in [0.3, 0.4) is 0 Å². The molecule has 0 aliphatic carbocycles. The molecule has 0 aliphatic heterocycles. The first-order chi connectivity index (χ1) is 9.50. The third-order valence-electron chi connectivity index (χ3n) is 2.62. The van der Waals surface area contributed by atoms with Crippen molar-refractivity contribution in [1.82, 2.24) is 0 Å². The van der Waals surface area contributed by atoms with E-state index in [1.165, 1.54) is 12.1 Å². The van der Waals surface area contributed by atoms with E-state index in [0.717, 1.165) is 12.1 Å². The molecule has 4 nitrogen and oxygen atoms in total. The van der Waals surface area contributed by atoms with Gasteiger partial charge in [-0.3, -0.25) is 9.59 Å². The molecule has 3 N–H and O–H groups in total. The van der Waals surface area contributed by atoms with E-state index in [0.29, 0.717) is 5.56 Å². The molecule has 0 aromatic heterocycles. The number of carbonyl (C=O) groups is 2. The maximum absolute atomic E-state index is 13.9. The number of halogens is 2. The number of amides is 2. The molecule has 2 aromatic carbocycles. The van der Waals surface area contributed by atoms with Crippen LogP contribution in [0.15, 0.2) is 42.5 Å². The third kappa shape index (κ3) is 2.64. The number of anilines is 1. The lowest BCUT2D eigenvalue weighted by Crippen LogP contribution is -2.19. The van der Waals surface area contributed by atoms with Crippen molar-refractivity contribution in [2.75, 3.05) is 5.32 Å². The van der Waals surface area contributed by atoms with Gasteiger partial charge in [0.15, 0.2) is 5.82 Å². The summed E-state index contributed by atoms with van der Waals surface area (Å²) in [5, 5.41) is 2.26. The number of benzene rings is 2. The Kier molecular flexibility index (Phi) is 3.74. The second-order valence-corrected chi connectivity index (χ2v) is 3.97. The lowest BCUT2D eigenvalue weighted by atomic mass is 10.1. The number of primary amides is 1. The molecule has 2 aromatic rings. The SMILES string of the molecule is NC(=O)c1c(F)ccc(NC(=O)c2ccccc2)c1F. The largest absolute Gasteiger partial charge is 0.365 e. The molecule has 0 fully saturated rings. The Hall–Kier alpha value is -2.76. The van der Waals surface area contributed by atoms with Crippen LogP contribution in [0.1, 0.15) is 20.7 Å². The summed E-state index contributed by atoms with van der Waals surface area (Å²) in [5.41, 5.74) is 4.01. The van der Waals surface area contributed by atoms with E-state index in [9.17, 15) is 18.4 Å². The summed E-state index contributed by atoms with van der Waals surface area (Å²) in [6, 6.07) is 9.97. The van der Waals surface area contributed by atoms with Crippen molar-refractivity contribution >= 4 is 17.5 Å². The first-order valence-electron chi connectivity index (χ1n) is 5.65. The van der Waals surface area contributed by atoms with Crippen molar-refractivity contribution in [3.05, 3.63) is 65.2 Å². The Morgan fingerprint density at radius 2 is 1.65 bits per heavy atom. The highest BCUT2D eigenvalue weighted by atomic mass is 19.1. The third-order valence-corrected chi connectivity index (χ3v) is 2.62. The Morgan fingerprint density at radius 3 is 2.25 bits per heavy atom. The molecular weight excluding hydrogens is 266 g/mol. The Balaban J connectivity index is 2.33. The minimum atomic E-state index is -1.24. The van der Waals surface area contributed by atoms with Gasteiger partial charge in [0.25, 0.3) is 11.8 Å². The summed E-state index contributed by atoms with van der Waals surface area (Å²) in [7, 11) is 0. The van der Waals surface area contributed by atoms with E-state index in [4.69, 9.17) is 5.73 Å². The van der Waals surface area contributed by atoms with Crippen molar-refractivity contribution < 1.29 is 18.4 Å². The second-order valence-electron chi connectivity index (χ2n) is 3.97. The number of carbonyl (C=O) groups excluding carboxylic acids is 2. The predicted molar refractivity (Wildman–Crippen MR) is 69.3 cm³/mol. The van der Waals surface area contributed by atoms with Gasteiger partial charge in [-0.1, -0.05) is 18.2 Å². The van der Waals surface area contributed by atoms with E-state index < -0.39 is 29.0 Å². The van der Waals surface area contributed by atoms with Crippen molar-refractivity contribution in [3.8, 4) is 0 Å². The van der Waals surface area contributed by atoms with Crippen LogP contribution in [-0.4, -0.2) is 11.8 Å². The zero-order valence-corrected chi connectivity index (χ0v) is 10.2. The molecule has 0 heterocycles. The van der Waals surface area contributed by atoms with Gasteiger partial charge in [-0.15, -0.1) is 0 Å². The van der Waals surface area contributed by atoms with Gasteiger partial charge in [-0.05, 0) is 24.3 Å². The van der Waals surface area contributed by atoms with E-state index in [1.54, 1.807) is 18.2 Å². The molecule has 0 unspecified atom stereocenters. The molecule has 0 aliphatic rings. The maximum atomic E-state index is 13.9. The highest BCUT2D eigenvalue weighted by molar-refractivity contribution is 6.05. The van der Waals surface area contributed by atoms with Gasteiger partial charge in [0.2, 0.25) is 0 Å². The van der Waals surface area contributed by atoms with Gasteiger partial charge in [-0.2, -0.15) is 0 Å². The monoisotopic (exact) mass is 276 g/mol. The van der Waals surface area contributed by atoms with Crippen molar-refractivity contribution in [3.63, 3.8) is 0 Å². The fourth-order valence-electron chi connectivity index (χ4n) is 1.66. The molecule has 102 valence electrons. The molecule has 2 rings (SSSR count). The predicted octanol–water partition coefficient (Wildman–Crippen LogP) is 2.32. The summed E-state index contributed by atoms with van der Waals surface area (Å²) in [5.74, 6) is -4.09. The molecule has 0 atom stereocenters. The van der Waals surface area contributed by atoms with Gasteiger partial charge in [-0.25, -0.2) is 8.78 Å². The number of hydrogen-bond donors (Lipinski definition) is 2. The molecular formula is C14H10F2N2O2. The summed E-state index contributed by atoms with van der Waals surface area (Å²) in [4.78, 5) is 22.8. The fourth-order valence-corrected chi connectivity index (χ4v) is 1.66. The standard InChI is InChI=1S/C14H10F2N2O2/c15-9-6-7-10(12(16)11(9)13(17)19)18-14(20)8-4-2-1-3-5-8/h1-7H,(H2,17,19)(H,18,20). The van der Waals surface area contributed by atoms with Gasteiger partial charge in [0.1, 0.15) is 11.4 Å². The van der Waals surface area contributed by atoms with Crippen molar-refractivity contribution in [2.24, 2.45) is 5.73 Å². The normalized spacial score (nSPS) is 10.1. The van der Waals surface area contributed by atoms with Crippen LogP contribution >= 0.6 is 0 Å². The van der Waals surface area contributed by atoms with Gasteiger partial charge in [0, 0.05) is 5.56 Å². The molecule has 20 heavy (non-hydrogen) atoms. The van der Waals surface area contributed by atoms with Crippen molar-refractivity contribution in [1.29, 1.82) is 0 Å². The molecule has 6 heteroatoms. The van der Waals surface area contributed by atoms with Crippen LogP contribution in [0.5, 0.6) is 0 Å². The summed E-state index contributed by atoms with van der Waals surface area (Å²) in [6.45, 7) is 0. The highest BCUT2D eigenvalue weighted by Gasteiger charge is 2.19. The van der Waals surface area contributed by atoms with E-state index in [1.807, 2.05) is 0 Å². The average Bonchev–Trinajstić information content (AvgIpc) is 2.42. The van der Waals surface area contributed by atoms with Crippen molar-refractivity contribution in [2.45, 2.75) is 0 Å². The van der Waals surface area contributed by atoms with Crippen LogP contribution in [-0.2, 0) is 0 Å². The van der Waals surface area contributed by atoms with Crippen LogP contribution in [0.2, 0.25) is 0 Å². The van der Waals surface area contributed by atoms with Crippen LogP contribution in [0.4, 0.5) is 14.5 Å². The summed E-state index contributed by atoms with van der Waals surface area (Å²) < 4.78 is 27.2. The molecule has 0 radical (unpaired) electrons. The lowest BCUT2D eigenvalue weighted by molar-refractivity contribution is 0.0988. The zero-order valence-electron chi connectivity index (χ0n) is 10.2. The second kappa shape index (κ2) is 5.48. The van der Waals surface area contributed by atoms with Crippen LogP contribution in [0, 0.1) is 11.6 Å². The molecule has 0 saturated heterocycles.